The largest absolute Gasteiger partial charge is 0.392 e. The van der Waals surface area contributed by atoms with E-state index in [1.165, 1.54) is 15.3 Å². The monoisotopic (exact) mass is 362 g/mol. The van der Waals surface area contributed by atoms with Crippen molar-refractivity contribution in [1.29, 1.82) is 0 Å². The number of fused-ring (bicyclic) bond motifs is 1. The number of nitrogens with one attached hydrogen (secondary N) is 1. The summed E-state index contributed by atoms with van der Waals surface area (Å²) in [4.78, 5) is 2.32. The molecule has 2 aliphatic heterocycles. The van der Waals surface area contributed by atoms with Gasteiger partial charge in [0.05, 0.1) is 29.4 Å². The smallest absolute Gasteiger partial charge is 0.0979 e. The third-order valence-electron chi connectivity index (χ3n) is 4.48. The van der Waals surface area contributed by atoms with Crippen LogP contribution >= 0.6 is 22.9 Å². The summed E-state index contributed by atoms with van der Waals surface area (Å²) >= 11 is 7.77. The van der Waals surface area contributed by atoms with Crippen LogP contribution in [0.25, 0.3) is 11.8 Å². The highest BCUT2D eigenvalue weighted by Gasteiger charge is 2.21. The zero-order valence-corrected chi connectivity index (χ0v) is 14.8. The summed E-state index contributed by atoms with van der Waals surface area (Å²) in [6, 6.07) is 7.91. The third kappa shape index (κ3) is 2.82. The molecule has 24 heavy (non-hydrogen) atoms. The van der Waals surface area contributed by atoms with Crippen molar-refractivity contribution in [2.24, 2.45) is 0 Å². The highest BCUT2D eigenvalue weighted by molar-refractivity contribution is 7.14. The highest BCUT2D eigenvalue weighted by Crippen LogP contribution is 2.25. The number of ether oxygens (including phenoxy) is 1. The van der Waals surface area contributed by atoms with E-state index in [0.717, 1.165) is 54.0 Å². The Hall–Kier alpha value is -1.53. The van der Waals surface area contributed by atoms with Gasteiger partial charge in [-0.05, 0) is 23.3 Å². The molecule has 126 valence electrons. The summed E-state index contributed by atoms with van der Waals surface area (Å²) < 4.78 is 6.64. The quantitative estimate of drug-likeness (QED) is 0.863. The van der Waals surface area contributed by atoms with E-state index >= 15 is 0 Å². The summed E-state index contributed by atoms with van der Waals surface area (Å²) in [6.45, 7) is 4.02. The van der Waals surface area contributed by atoms with Crippen LogP contribution in [0.5, 0.6) is 0 Å². The third-order valence-corrected chi connectivity index (χ3v) is 5.97. The zero-order chi connectivity index (χ0) is 16.5. The van der Waals surface area contributed by atoms with E-state index in [4.69, 9.17) is 16.3 Å². The molecule has 0 bridgehead atoms. The molecule has 4 nitrogen and oxygen atoms in total. The average Bonchev–Trinajstić information content (AvgIpc) is 3.02. The van der Waals surface area contributed by atoms with Crippen molar-refractivity contribution in [3.63, 3.8) is 0 Å². The number of halogens is 1. The lowest BCUT2D eigenvalue weighted by atomic mass is 10.0. The second-order valence-electron chi connectivity index (χ2n) is 5.89. The molecular weight excluding hydrogens is 344 g/mol. The number of benzene rings is 1. The molecule has 2 aliphatic rings. The van der Waals surface area contributed by atoms with Crippen LogP contribution in [0, 0.1) is 0 Å². The van der Waals surface area contributed by atoms with Gasteiger partial charge in [-0.1, -0.05) is 23.7 Å². The minimum atomic E-state index is 0.0451. The number of morpholine rings is 1. The molecule has 0 aliphatic carbocycles. The Morgan fingerprint density at radius 3 is 2.67 bits per heavy atom. The SMILES string of the molecule is OCc1c(N2CCOCC2)sc2c1=C(c1ccc(Cl)cc1)CNC=2. The molecule has 1 saturated heterocycles. The van der Waals surface area contributed by atoms with Gasteiger partial charge in [0.2, 0.25) is 0 Å². The second-order valence-corrected chi connectivity index (χ2v) is 7.36. The van der Waals surface area contributed by atoms with Gasteiger partial charge in [0.1, 0.15) is 0 Å². The Balaban J connectivity index is 1.91. The molecule has 0 atom stereocenters. The van der Waals surface area contributed by atoms with Crippen LogP contribution in [0.15, 0.2) is 24.3 Å². The van der Waals surface area contributed by atoms with Gasteiger partial charge in [0, 0.05) is 41.6 Å². The Labute approximate surface area is 149 Å². The Morgan fingerprint density at radius 1 is 1.21 bits per heavy atom. The van der Waals surface area contributed by atoms with Crippen molar-refractivity contribution < 1.29 is 9.84 Å². The van der Waals surface area contributed by atoms with E-state index in [2.05, 4.69) is 16.4 Å². The lowest BCUT2D eigenvalue weighted by Crippen LogP contribution is -2.37. The van der Waals surface area contributed by atoms with Gasteiger partial charge in [-0.15, -0.1) is 11.3 Å². The maximum Gasteiger partial charge on any atom is 0.0979 e. The summed E-state index contributed by atoms with van der Waals surface area (Å²) in [6.07, 6.45) is 2.06. The van der Waals surface area contributed by atoms with Crippen molar-refractivity contribution in [1.82, 2.24) is 5.32 Å². The lowest BCUT2D eigenvalue weighted by molar-refractivity contribution is 0.123. The van der Waals surface area contributed by atoms with Crippen LogP contribution in [0.3, 0.4) is 0 Å². The van der Waals surface area contributed by atoms with E-state index in [9.17, 15) is 5.11 Å². The minimum Gasteiger partial charge on any atom is -0.392 e. The van der Waals surface area contributed by atoms with Crippen LogP contribution in [-0.2, 0) is 11.3 Å². The number of aliphatic hydroxyl groups is 1. The number of rotatable bonds is 3. The van der Waals surface area contributed by atoms with Gasteiger partial charge in [0.25, 0.3) is 0 Å². The molecule has 0 saturated carbocycles. The highest BCUT2D eigenvalue weighted by atomic mass is 35.5. The van der Waals surface area contributed by atoms with E-state index in [1.807, 2.05) is 24.3 Å². The topological polar surface area (TPSA) is 44.7 Å². The summed E-state index contributed by atoms with van der Waals surface area (Å²) in [5.74, 6) is 0. The first-order valence-electron chi connectivity index (χ1n) is 8.06. The number of hydrogen-bond donors (Lipinski definition) is 2. The zero-order valence-electron chi connectivity index (χ0n) is 13.2. The first kappa shape index (κ1) is 16.0. The van der Waals surface area contributed by atoms with Gasteiger partial charge in [0.15, 0.2) is 0 Å². The predicted octanol–water partition coefficient (Wildman–Crippen LogP) is 1.27. The molecule has 0 amide bonds. The van der Waals surface area contributed by atoms with Crippen molar-refractivity contribution in [3.05, 3.63) is 50.2 Å². The number of thiophene rings is 1. The fourth-order valence-corrected chi connectivity index (χ4v) is 4.73. The summed E-state index contributed by atoms with van der Waals surface area (Å²) in [7, 11) is 0. The Morgan fingerprint density at radius 2 is 1.96 bits per heavy atom. The molecule has 0 radical (unpaired) electrons. The molecule has 6 heteroatoms. The number of anilines is 1. The fraction of sp³-hybridized carbons (Fsp3) is 0.333. The first-order valence-corrected chi connectivity index (χ1v) is 9.25. The molecule has 0 spiro atoms. The van der Waals surface area contributed by atoms with Gasteiger partial charge in [-0.3, -0.25) is 0 Å². The van der Waals surface area contributed by atoms with Crippen LogP contribution in [0.1, 0.15) is 11.1 Å². The van der Waals surface area contributed by atoms with Gasteiger partial charge < -0.3 is 20.1 Å². The molecule has 0 unspecified atom stereocenters. The summed E-state index contributed by atoms with van der Waals surface area (Å²) in [5.41, 5.74) is 3.38. The number of aliphatic hydroxyl groups excluding tert-OH is 1. The van der Waals surface area contributed by atoms with Crippen molar-refractivity contribution >= 4 is 39.7 Å². The van der Waals surface area contributed by atoms with Gasteiger partial charge >= 0.3 is 0 Å². The predicted molar refractivity (Wildman–Crippen MR) is 99.0 cm³/mol. The van der Waals surface area contributed by atoms with E-state index in [1.54, 1.807) is 11.3 Å². The molecule has 1 fully saturated rings. The van der Waals surface area contributed by atoms with Crippen LogP contribution < -0.4 is 20.0 Å². The molecule has 1 aromatic heterocycles. The van der Waals surface area contributed by atoms with E-state index < -0.39 is 0 Å². The van der Waals surface area contributed by atoms with Crippen molar-refractivity contribution in [2.75, 3.05) is 37.7 Å². The lowest BCUT2D eigenvalue weighted by Gasteiger charge is -2.28. The fourth-order valence-electron chi connectivity index (χ4n) is 3.31. The first-order chi connectivity index (χ1) is 11.8. The normalized spacial score (nSPS) is 17.2. The van der Waals surface area contributed by atoms with Crippen LogP contribution in [0.4, 0.5) is 5.00 Å². The Kier molecular flexibility index (Phi) is 4.50. The standard InChI is InChI=1S/C18H19ClN2O2S/c19-13-3-1-12(2-4-13)14-9-20-10-16-17(14)15(11-22)18(24-16)21-5-7-23-8-6-21/h1-4,10,20,22H,5-9,11H2. The van der Waals surface area contributed by atoms with Crippen molar-refractivity contribution in [3.8, 4) is 0 Å². The minimum absolute atomic E-state index is 0.0451. The summed E-state index contributed by atoms with van der Waals surface area (Å²) in [5, 5.41) is 16.5. The molecule has 2 aromatic rings. The average molecular weight is 363 g/mol. The van der Waals surface area contributed by atoms with Crippen LogP contribution in [-0.4, -0.2) is 38.0 Å². The van der Waals surface area contributed by atoms with Gasteiger partial charge in [-0.25, -0.2) is 0 Å². The van der Waals surface area contributed by atoms with Gasteiger partial charge in [-0.2, -0.15) is 0 Å². The number of nitrogens with zero attached hydrogens (tertiary/aromatic N) is 1. The molecular formula is C18H19ClN2O2S. The van der Waals surface area contributed by atoms with E-state index in [-0.39, 0.29) is 6.61 Å². The van der Waals surface area contributed by atoms with E-state index in [0.29, 0.717) is 0 Å². The molecule has 1 aromatic carbocycles. The maximum atomic E-state index is 10.1. The molecule has 2 N–H and O–H groups in total. The van der Waals surface area contributed by atoms with Crippen molar-refractivity contribution in [2.45, 2.75) is 6.61 Å². The maximum absolute atomic E-state index is 10.1. The molecule has 4 rings (SSSR count). The van der Waals surface area contributed by atoms with Crippen LogP contribution in [0.2, 0.25) is 5.02 Å². The number of hydrogen-bond acceptors (Lipinski definition) is 5. The molecule has 3 heterocycles. The second kappa shape index (κ2) is 6.76. The Bertz CT molecular complexity index is 854.